The van der Waals surface area contributed by atoms with E-state index in [1.165, 1.54) is 22.7 Å². The molecule has 5 nitrogen and oxygen atoms in total. The lowest BCUT2D eigenvalue weighted by Gasteiger charge is -2.12. The van der Waals surface area contributed by atoms with Gasteiger partial charge in [0.15, 0.2) is 5.78 Å². The van der Waals surface area contributed by atoms with Crippen LogP contribution in [0.2, 0.25) is 5.02 Å². The van der Waals surface area contributed by atoms with Crippen molar-refractivity contribution < 1.29 is 14.3 Å². The van der Waals surface area contributed by atoms with Crippen molar-refractivity contribution in [1.82, 2.24) is 10.3 Å². The maximum Gasteiger partial charge on any atom is 0.226 e. The van der Waals surface area contributed by atoms with Gasteiger partial charge < -0.3 is 10.1 Å². The fraction of sp³-hybridized carbons (Fsp3) is 0.286. The predicted molar refractivity (Wildman–Crippen MR) is 116 cm³/mol. The van der Waals surface area contributed by atoms with E-state index in [0.717, 1.165) is 31.6 Å². The Kier molecular flexibility index (Phi) is 5.72. The quantitative estimate of drug-likeness (QED) is 0.557. The molecule has 0 fully saturated rings. The predicted octanol–water partition coefficient (Wildman–Crippen LogP) is 4.70. The summed E-state index contributed by atoms with van der Waals surface area (Å²) < 4.78 is 5.97. The molecule has 0 saturated carbocycles. The first-order valence-electron chi connectivity index (χ1n) is 9.17. The molecule has 0 saturated heterocycles. The van der Waals surface area contributed by atoms with Crippen LogP contribution in [0.1, 0.15) is 32.9 Å². The number of Topliss-reactive ketones (excluding diaryl/α,β-unsaturated/α-hetero) is 1. The van der Waals surface area contributed by atoms with Crippen molar-refractivity contribution >= 4 is 46.0 Å². The van der Waals surface area contributed by atoms with Crippen molar-refractivity contribution in [3.8, 4) is 16.2 Å². The number of carbonyl (C=O) groups excluding carboxylic acids is 2. The number of nitrogens with one attached hydrogen (secondary N) is 1. The Balaban J connectivity index is 1.40. The maximum absolute atomic E-state index is 12.2. The van der Waals surface area contributed by atoms with E-state index in [1.807, 2.05) is 30.5 Å². The van der Waals surface area contributed by atoms with E-state index in [1.54, 1.807) is 6.92 Å². The standard InChI is InChI=1S/C21H19ClN2O3S2/c1-11(25)18-3-4-19(29-18)13-5-14-6-16(27-21(14)17(22)7-13)9-23-20(26)8-15-10-28-12(2)24-15/h3-5,7,10,16H,6,8-9H2,1-2H3,(H,23,26)/t16-/m1/s1. The van der Waals surface area contributed by atoms with Crippen molar-refractivity contribution in [2.45, 2.75) is 32.8 Å². The van der Waals surface area contributed by atoms with Crippen molar-refractivity contribution in [2.24, 2.45) is 0 Å². The van der Waals surface area contributed by atoms with Gasteiger partial charge in [-0.3, -0.25) is 9.59 Å². The average molecular weight is 447 g/mol. The number of hydrogen-bond donors (Lipinski definition) is 1. The second-order valence-corrected chi connectivity index (χ2v) is 9.50. The van der Waals surface area contributed by atoms with Crippen LogP contribution in [-0.2, 0) is 17.6 Å². The third-order valence-corrected chi connectivity index (χ3v) is 6.96. The summed E-state index contributed by atoms with van der Waals surface area (Å²) in [5.74, 6) is 0.658. The molecule has 0 spiro atoms. The van der Waals surface area contributed by atoms with Crippen molar-refractivity contribution in [3.63, 3.8) is 0 Å². The maximum atomic E-state index is 12.2. The Bertz CT molecular complexity index is 1090. The number of ketones is 1. The number of benzene rings is 1. The molecule has 0 aliphatic carbocycles. The van der Waals surface area contributed by atoms with Gasteiger partial charge in [-0.1, -0.05) is 11.6 Å². The van der Waals surface area contributed by atoms with E-state index in [9.17, 15) is 9.59 Å². The molecule has 4 rings (SSSR count). The zero-order valence-corrected chi connectivity index (χ0v) is 18.3. The minimum Gasteiger partial charge on any atom is -0.486 e. The van der Waals surface area contributed by atoms with E-state index in [4.69, 9.17) is 16.3 Å². The number of hydrogen-bond acceptors (Lipinski definition) is 6. The minimum atomic E-state index is -0.157. The van der Waals surface area contributed by atoms with Gasteiger partial charge in [0.2, 0.25) is 5.91 Å². The number of halogens is 1. The minimum absolute atomic E-state index is 0.0560. The largest absolute Gasteiger partial charge is 0.486 e. The van der Waals surface area contributed by atoms with Crippen LogP contribution >= 0.6 is 34.3 Å². The highest BCUT2D eigenvalue weighted by molar-refractivity contribution is 7.17. The number of thiazole rings is 1. The van der Waals surface area contributed by atoms with E-state index in [2.05, 4.69) is 16.4 Å². The monoisotopic (exact) mass is 446 g/mol. The summed E-state index contributed by atoms with van der Waals surface area (Å²) in [6, 6.07) is 7.69. The lowest BCUT2D eigenvalue weighted by molar-refractivity contribution is -0.120. The molecular weight excluding hydrogens is 428 g/mol. The van der Waals surface area contributed by atoms with Gasteiger partial charge >= 0.3 is 0 Å². The van der Waals surface area contributed by atoms with Crippen LogP contribution < -0.4 is 10.1 Å². The van der Waals surface area contributed by atoms with Crippen LogP contribution in [0.3, 0.4) is 0 Å². The van der Waals surface area contributed by atoms with Gasteiger partial charge in [-0.25, -0.2) is 4.98 Å². The second kappa shape index (κ2) is 8.26. The Hall–Kier alpha value is -2.22. The number of thiophene rings is 1. The molecule has 1 aromatic carbocycles. The van der Waals surface area contributed by atoms with Gasteiger partial charge in [0.05, 0.1) is 33.6 Å². The van der Waals surface area contributed by atoms with Gasteiger partial charge in [-0.2, -0.15) is 0 Å². The van der Waals surface area contributed by atoms with Gasteiger partial charge in [0.1, 0.15) is 11.9 Å². The SMILES string of the molecule is CC(=O)c1ccc(-c2cc(Cl)c3c(c2)C[C@H](CNC(=O)Cc2csc(C)n2)O3)s1. The number of amides is 1. The third kappa shape index (κ3) is 4.52. The number of ether oxygens (including phenoxy) is 1. The molecule has 3 heterocycles. The molecule has 1 N–H and O–H groups in total. The van der Waals surface area contributed by atoms with Gasteiger partial charge in [0.25, 0.3) is 0 Å². The molecule has 29 heavy (non-hydrogen) atoms. The molecule has 3 aromatic rings. The number of carbonyl (C=O) groups is 2. The summed E-state index contributed by atoms with van der Waals surface area (Å²) in [5, 5.41) is 6.32. The Morgan fingerprint density at radius 2 is 2.17 bits per heavy atom. The first kappa shape index (κ1) is 20.1. The topological polar surface area (TPSA) is 68.3 Å². The van der Waals surface area contributed by atoms with Crippen LogP contribution in [0.15, 0.2) is 29.6 Å². The number of rotatable bonds is 6. The number of aryl methyl sites for hydroxylation is 1. The third-order valence-electron chi connectivity index (χ3n) is 4.63. The van der Waals surface area contributed by atoms with Crippen LogP contribution in [0.5, 0.6) is 5.75 Å². The highest BCUT2D eigenvalue weighted by Crippen LogP contribution is 2.41. The summed E-state index contributed by atoms with van der Waals surface area (Å²) in [6.45, 7) is 3.90. The molecular formula is C21H19ClN2O3S2. The van der Waals surface area contributed by atoms with Gasteiger partial charge in [-0.15, -0.1) is 22.7 Å². The van der Waals surface area contributed by atoms with Crippen molar-refractivity contribution in [2.75, 3.05) is 6.54 Å². The number of fused-ring (bicyclic) bond motifs is 1. The highest BCUT2D eigenvalue weighted by Gasteiger charge is 2.26. The van der Waals surface area contributed by atoms with Crippen molar-refractivity contribution in [3.05, 3.63) is 55.8 Å². The Morgan fingerprint density at radius 1 is 1.34 bits per heavy atom. The van der Waals surface area contributed by atoms with Crippen LogP contribution in [0.25, 0.3) is 10.4 Å². The normalized spacial score (nSPS) is 15.1. The first-order valence-corrected chi connectivity index (χ1v) is 11.2. The molecule has 0 unspecified atom stereocenters. The summed E-state index contributed by atoms with van der Waals surface area (Å²) in [4.78, 5) is 29.8. The lowest BCUT2D eigenvalue weighted by Crippen LogP contribution is -2.35. The summed E-state index contributed by atoms with van der Waals surface area (Å²) >= 11 is 9.44. The van der Waals surface area contributed by atoms with E-state index >= 15 is 0 Å². The van der Waals surface area contributed by atoms with E-state index in [0.29, 0.717) is 23.7 Å². The molecule has 8 heteroatoms. The zero-order valence-electron chi connectivity index (χ0n) is 16.0. The molecule has 0 radical (unpaired) electrons. The molecule has 1 atom stereocenters. The molecule has 1 aliphatic heterocycles. The van der Waals surface area contributed by atoms with Crippen LogP contribution in [0.4, 0.5) is 0 Å². The molecule has 1 amide bonds. The zero-order chi connectivity index (χ0) is 20.5. The van der Waals surface area contributed by atoms with Crippen molar-refractivity contribution in [1.29, 1.82) is 0 Å². The van der Waals surface area contributed by atoms with Crippen LogP contribution in [0, 0.1) is 6.92 Å². The van der Waals surface area contributed by atoms with Gasteiger partial charge in [0, 0.05) is 22.2 Å². The summed E-state index contributed by atoms with van der Waals surface area (Å²) in [7, 11) is 0. The first-order chi connectivity index (χ1) is 13.9. The smallest absolute Gasteiger partial charge is 0.226 e. The molecule has 2 aromatic heterocycles. The van der Waals surface area contributed by atoms with E-state index < -0.39 is 0 Å². The fourth-order valence-corrected chi connectivity index (χ4v) is 5.05. The van der Waals surface area contributed by atoms with Gasteiger partial charge in [-0.05, 0) is 43.7 Å². The molecule has 0 bridgehead atoms. The summed E-state index contributed by atoms with van der Waals surface area (Å²) in [5.41, 5.74) is 2.77. The highest BCUT2D eigenvalue weighted by atomic mass is 35.5. The number of nitrogens with zero attached hydrogens (tertiary/aromatic N) is 1. The van der Waals surface area contributed by atoms with Crippen LogP contribution in [-0.4, -0.2) is 29.3 Å². The molecule has 1 aliphatic rings. The second-order valence-electron chi connectivity index (χ2n) is 6.95. The molecule has 150 valence electrons. The fourth-order valence-electron chi connectivity index (χ4n) is 3.27. The average Bonchev–Trinajstić information content (AvgIpc) is 3.39. The number of aromatic nitrogens is 1. The van der Waals surface area contributed by atoms with E-state index in [-0.39, 0.29) is 24.2 Å². The Labute approximate surface area is 181 Å². The lowest BCUT2D eigenvalue weighted by atomic mass is 10.1. The summed E-state index contributed by atoms with van der Waals surface area (Å²) in [6.07, 6.45) is 0.783. The Morgan fingerprint density at radius 3 is 2.86 bits per heavy atom.